The maximum atomic E-state index is 12.4. The van der Waals surface area contributed by atoms with Crippen LogP contribution in [0.2, 0.25) is 0 Å². The average molecular weight is 462 g/mol. The molecule has 2 aromatic heterocycles. The third-order valence-corrected chi connectivity index (χ3v) is 5.01. The van der Waals surface area contributed by atoms with Gasteiger partial charge in [-0.05, 0) is 47.5 Å². The van der Waals surface area contributed by atoms with E-state index >= 15 is 0 Å². The number of amides is 1. The summed E-state index contributed by atoms with van der Waals surface area (Å²) in [5.41, 5.74) is 3.44. The number of carbonyl (C=O) groups excluding carboxylic acids is 1. The largest absolute Gasteiger partial charge is 0.493 e. The van der Waals surface area contributed by atoms with Gasteiger partial charge in [0.2, 0.25) is 5.91 Å². The molecule has 0 aliphatic carbocycles. The lowest BCUT2D eigenvalue weighted by Crippen LogP contribution is -2.15. The van der Waals surface area contributed by atoms with E-state index in [4.69, 9.17) is 9.47 Å². The maximum absolute atomic E-state index is 12.4. The minimum Gasteiger partial charge on any atom is -0.493 e. The molecule has 0 saturated heterocycles. The summed E-state index contributed by atoms with van der Waals surface area (Å²) in [5.74, 6) is 1.28. The molecule has 1 N–H and O–H groups in total. The second-order valence-corrected chi connectivity index (χ2v) is 7.53. The molecule has 3 aromatic rings. The Labute approximate surface area is 177 Å². The molecule has 0 radical (unpaired) electrons. The number of aromatic nitrogens is 4. The number of nitrogens with one attached hydrogen (secondary N) is 1. The highest BCUT2D eigenvalue weighted by atomic mass is 79.9. The Kier molecular flexibility index (Phi) is 6.58. The second-order valence-electron chi connectivity index (χ2n) is 6.61. The molecular formula is C20H24BrN5O3. The lowest BCUT2D eigenvalue weighted by Gasteiger charge is -2.11. The molecule has 0 atom stereocenters. The molecular weight excluding hydrogens is 438 g/mol. The fraction of sp³-hybridized carbons (Fsp3) is 0.350. The molecule has 1 amide bonds. The van der Waals surface area contributed by atoms with Crippen molar-refractivity contribution in [1.82, 2.24) is 19.6 Å². The van der Waals surface area contributed by atoms with Crippen molar-refractivity contribution in [3.63, 3.8) is 0 Å². The molecule has 0 bridgehead atoms. The Hall–Kier alpha value is -2.81. The van der Waals surface area contributed by atoms with Crippen LogP contribution in [0.3, 0.4) is 0 Å². The van der Waals surface area contributed by atoms with Crippen LogP contribution in [0, 0.1) is 13.8 Å². The van der Waals surface area contributed by atoms with Crippen LogP contribution in [-0.4, -0.2) is 39.7 Å². The topological polar surface area (TPSA) is 83.2 Å². The highest BCUT2D eigenvalue weighted by Gasteiger charge is 2.15. The van der Waals surface area contributed by atoms with Gasteiger partial charge < -0.3 is 14.8 Å². The lowest BCUT2D eigenvalue weighted by molar-refractivity contribution is -0.116. The Morgan fingerprint density at radius 3 is 2.62 bits per heavy atom. The van der Waals surface area contributed by atoms with Crippen LogP contribution in [0.4, 0.5) is 5.69 Å². The van der Waals surface area contributed by atoms with E-state index < -0.39 is 0 Å². The molecule has 154 valence electrons. The normalized spacial score (nSPS) is 10.8. The third-order valence-electron chi connectivity index (χ3n) is 4.60. The van der Waals surface area contributed by atoms with Crippen LogP contribution in [0.25, 0.3) is 0 Å². The van der Waals surface area contributed by atoms with Crippen LogP contribution in [0.15, 0.2) is 35.1 Å². The van der Waals surface area contributed by atoms with Crippen molar-refractivity contribution in [1.29, 1.82) is 0 Å². The molecule has 9 heteroatoms. The van der Waals surface area contributed by atoms with Gasteiger partial charge in [0.15, 0.2) is 11.5 Å². The van der Waals surface area contributed by atoms with E-state index in [9.17, 15) is 4.79 Å². The smallest absolute Gasteiger partial charge is 0.226 e. The zero-order chi connectivity index (χ0) is 21.0. The summed E-state index contributed by atoms with van der Waals surface area (Å²) in [6.45, 7) is 4.90. The van der Waals surface area contributed by atoms with Crippen molar-refractivity contribution >= 4 is 27.5 Å². The van der Waals surface area contributed by atoms with Gasteiger partial charge in [-0.2, -0.15) is 10.2 Å². The first-order valence-corrected chi connectivity index (χ1v) is 9.93. The predicted molar refractivity (Wildman–Crippen MR) is 114 cm³/mol. The second kappa shape index (κ2) is 9.13. The first-order chi connectivity index (χ1) is 13.9. The SMILES string of the molecule is COc1ccc(Cn2nc(C)c(NC(=O)CCn3cc(Br)cn3)c2C)cc1OC. The molecule has 29 heavy (non-hydrogen) atoms. The minimum atomic E-state index is -0.0755. The van der Waals surface area contributed by atoms with Crippen molar-refractivity contribution in [2.75, 3.05) is 19.5 Å². The zero-order valence-electron chi connectivity index (χ0n) is 16.9. The highest BCUT2D eigenvalue weighted by molar-refractivity contribution is 9.10. The number of halogens is 1. The van der Waals surface area contributed by atoms with Crippen LogP contribution in [0.1, 0.15) is 23.4 Å². The van der Waals surface area contributed by atoms with Gasteiger partial charge in [0.1, 0.15) is 0 Å². The summed E-state index contributed by atoms with van der Waals surface area (Å²) in [5, 5.41) is 11.7. The van der Waals surface area contributed by atoms with E-state index in [-0.39, 0.29) is 5.91 Å². The highest BCUT2D eigenvalue weighted by Crippen LogP contribution is 2.28. The fourth-order valence-corrected chi connectivity index (χ4v) is 3.39. The molecule has 0 aliphatic rings. The number of aryl methyl sites for hydroxylation is 2. The number of nitrogens with zero attached hydrogens (tertiary/aromatic N) is 4. The molecule has 0 aliphatic heterocycles. The van der Waals surface area contributed by atoms with E-state index in [2.05, 4.69) is 31.4 Å². The number of hydrogen-bond donors (Lipinski definition) is 1. The Balaban J connectivity index is 1.68. The molecule has 2 heterocycles. The zero-order valence-corrected chi connectivity index (χ0v) is 18.5. The molecule has 0 unspecified atom stereocenters. The number of hydrogen-bond acceptors (Lipinski definition) is 5. The summed E-state index contributed by atoms with van der Waals surface area (Å²) in [6, 6.07) is 5.77. The van der Waals surface area contributed by atoms with Gasteiger partial charge in [-0.15, -0.1) is 0 Å². The van der Waals surface area contributed by atoms with Crippen molar-refractivity contribution in [2.24, 2.45) is 0 Å². The van der Waals surface area contributed by atoms with E-state index in [1.807, 2.05) is 42.9 Å². The predicted octanol–water partition coefficient (Wildman–Crippen LogP) is 3.55. The minimum absolute atomic E-state index is 0.0755. The Morgan fingerprint density at radius 1 is 1.21 bits per heavy atom. The van der Waals surface area contributed by atoms with E-state index in [1.165, 1.54) is 0 Å². The number of rotatable bonds is 8. The summed E-state index contributed by atoms with van der Waals surface area (Å²) in [6.07, 6.45) is 3.86. The fourth-order valence-electron chi connectivity index (χ4n) is 3.06. The van der Waals surface area contributed by atoms with Crippen LogP contribution in [0.5, 0.6) is 11.5 Å². The number of ether oxygens (including phenoxy) is 2. The third kappa shape index (κ3) is 4.97. The lowest BCUT2D eigenvalue weighted by atomic mass is 10.2. The van der Waals surface area contributed by atoms with Crippen molar-refractivity contribution < 1.29 is 14.3 Å². The maximum Gasteiger partial charge on any atom is 0.226 e. The molecule has 0 saturated carbocycles. The van der Waals surface area contributed by atoms with Gasteiger partial charge in [-0.3, -0.25) is 14.2 Å². The summed E-state index contributed by atoms with van der Waals surface area (Å²) in [4.78, 5) is 12.4. The average Bonchev–Trinajstić information content (AvgIpc) is 3.24. The van der Waals surface area contributed by atoms with E-state index in [0.29, 0.717) is 31.0 Å². The van der Waals surface area contributed by atoms with Crippen LogP contribution >= 0.6 is 15.9 Å². The van der Waals surface area contributed by atoms with Gasteiger partial charge in [0.25, 0.3) is 0 Å². The Bertz CT molecular complexity index is 1010. The van der Waals surface area contributed by atoms with Crippen molar-refractivity contribution in [3.8, 4) is 11.5 Å². The number of benzene rings is 1. The standard InChI is InChI=1S/C20H24BrN5O3/c1-13-20(23-19(27)7-8-25-12-16(21)10-22-25)14(2)26(24-13)11-15-5-6-17(28-3)18(9-15)29-4/h5-6,9-10,12H,7-8,11H2,1-4H3,(H,23,27). The van der Waals surface area contributed by atoms with Gasteiger partial charge in [-0.25, -0.2) is 0 Å². The first-order valence-electron chi connectivity index (χ1n) is 9.14. The van der Waals surface area contributed by atoms with Gasteiger partial charge in [-0.1, -0.05) is 6.07 Å². The molecule has 1 aromatic carbocycles. The quantitative estimate of drug-likeness (QED) is 0.554. The summed E-state index contributed by atoms with van der Waals surface area (Å²) >= 11 is 3.35. The van der Waals surface area contributed by atoms with Crippen LogP contribution in [-0.2, 0) is 17.9 Å². The molecule has 0 fully saturated rings. The van der Waals surface area contributed by atoms with Gasteiger partial charge in [0, 0.05) is 19.2 Å². The monoisotopic (exact) mass is 461 g/mol. The Morgan fingerprint density at radius 2 is 1.97 bits per heavy atom. The van der Waals surface area contributed by atoms with Crippen molar-refractivity contribution in [3.05, 3.63) is 52.0 Å². The van der Waals surface area contributed by atoms with Crippen molar-refractivity contribution in [2.45, 2.75) is 33.4 Å². The number of carbonyl (C=O) groups is 1. The summed E-state index contributed by atoms with van der Waals surface area (Å²) < 4.78 is 15.1. The number of methoxy groups -OCH3 is 2. The van der Waals surface area contributed by atoms with Gasteiger partial charge >= 0.3 is 0 Å². The van der Waals surface area contributed by atoms with Gasteiger partial charge in [0.05, 0.1) is 48.5 Å². The van der Waals surface area contributed by atoms with Crippen LogP contribution < -0.4 is 14.8 Å². The number of anilines is 1. The molecule has 3 rings (SSSR count). The van der Waals surface area contributed by atoms with E-state index in [0.717, 1.165) is 27.1 Å². The summed E-state index contributed by atoms with van der Waals surface area (Å²) in [7, 11) is 3.22. The molecule has 0 spiro atoms. The van der Waals surface area contributed by atoms with E-state index in [1.54, 1.807) is 25.1 Å². The first kappa shape index (κ1) is 20.9. The molecule has 8 nitrogen and oxygen atoms in total.